The number of ketones is 1. The fourth-order valence-electron chi connectivity index (χ4n) is 2.11. The highest BCUT2D eigenvalue weighted by molar-refractivity contribution is 6.00. The Balaban J connectivity index is 2.89. The molecule has 94 valence electrons. The van der Waals surface area contributed by atoms with Gasteiger partial charge in [0.15, 0.2) is 5.78 Å². The second kappa shape index (κ2) is 6.40. The molecule has 0 heterocycles. The van der Waals surface area contributed by atoms with Gasteiger partial charge in [0.1, 0.15) is 0 Å². The largest absolute Gasteiger partial charge is 0.399 e. The van der Waals surface area contributed by atoms with E-state index in [2.05, 4.69) is 25.7 Å². The fourth-order valence-corrected chi connectivity index (χ4v) is 2.11. The normalized spacial score (nSPS) is 12.7. The molecule has 0 fully saturated rings. The van der Waals surface area contributed by atoms with E-state index in [0.717, 1.165) is 25.1 Å². The lowest BCUT2D eigenvalue weighted by Crippen LogP contribution is -2.40. The van der Waals surface area contributed by atoms with E-state index >= 15 is 0 Å². The van der Waals surface area contributed by atoms with E-state index in [1.54, 1.807) is 12.1 Å². The molecule has 0 aliphatic carbocycles. The van der Waals surface area contributed by atoms with Crippen LogP contribution in [-0.2, 0) is 0 Å². The van der Waals surface area contributed by atoms with Gasteiger partial charge in [-0.1, -0.05) is 20.8 Å². The number of nitrogens with two attached hydrogens (primary N) is 1. The summed E-state index contributed by atoms with van der Waals surface area (Å²) in [6.07, 6.45) is 0.838. The van der Waals surface area contributed by atoms with E-state index in [-0.39, 0.29) is 11.8 Å². The lowest BCUT2D eigenvalue weighted by atomic mass is 10.0. The molecule has 0 amide bonds. The van der Waals surface area contributed by atoms with Crippen LogP contribution in [-0.4, -0.2) is 29.8 Å². The zero-order valence-electron chi connectivity index (χ0n) is 10.9. The van der Waals surface area contributed by atoms with Gasteiger partial charge in [-0.3, -0.25) is 9.69 Å². The lowest BCUT2D eigenvalue weighted by Gasteiger charge is -2.27. The smallest absolute Gasteiger partial charge is 0.179 e. The van der Waals surface area contributed by atoms with Gasteiger partial charge in [-0.15, -0.1) is 0 Å². The number of anilines is 1. The van der Waals surface area contributed by atoms with E-state index in [0.29, 0.717) is 5.69 Å². The molecule has 1 unspecified atom stereocenters. The second-order valence-corrected chi connectivity index (χ2v) is 4.13. The first-order valence-electron chi connectivity index (χ1n) is 6.27. The molecule has 0 saturated carbocycles. The molecule has 1 aromatic carbocycles. The molecule has 1 rings (SSSR count). The first-order valence-corrected chi connectivity index (χ1v) is 6.27. The summed E-state index contributed by atoms with van der Waals surface area (Å²) in [5.41, 5.74) is 7.07. The van der Waals surface area contributed by atoms with E-state index in [1.165, 1.54) is 0 Å². The molecule has 0 aromatic heterocycles. The van der Waals surface area contributed by atoms with E-state index in [9.17, 15) is 4.79 Å². The molecule has 0 aliphatic rings. The first-order chi connectivity index (χ1) is 8.13. The molecule has 0 bridgehead atoms. The number of Topliss-reactive ketones (excluding diaryl/α,β-unsaturated/α-hetero) is 1. The quantitative estimate of drug-likeness (QED) is 0.608. The summed E-state index contributed by atoms with van der Waals surface area (Å²) in [4.78, 5) is 14.6. The van der Waals surface area contributed by atoms with Crippen LogP contribution in [0.1, 0.15) is 37.6 Å². The Morgan fingerprint density at radius 3 is 2.12 bits per heavy atom. The summed E-state index contributed by atoms with van der Waals surface area (Å²) >= 11 is 0. The molecule has 0 spiro atoms. The highest BCUT2D eigenvalue weighted by Gasteiger charge is 2.22. The van der Waals surface area contributed by atoms with Gasteiger partial charge >= 0.3 is 0 Å². The van der Waals surface area contributed by atoms with Crippen LogP contribution in [0, 0.1) is 0 Å². The number of nitrogens with zero attached hydrogens (tertiary/aromatic N) is 1. The predicted molar refractivity (Wildman–Crippen MR) is 72.2 cm³/mol. The van der Waals surface area contributed by atoms with Crippen LogP contribution in [0.2, 0.25) is 0 Å². The van der Waals surface area contributed by atoms with E-state index in [4.69, 9.17) is 5.73 Å². The maximum absolute atomic E-state index is 12.4. The van der Waals surface area contributed by atoms with Gasteiger partial charge in [0.05, 0.1) is 6.04 Å². The van der Waals surface area contributed by atoms with Gasteiger partial charge in [-0.25, -0.2) is 0 Å². The number of carbonyl (C=O) groups excluding carboxylic acids is 1. The Hall–Kier alpha value is -1.35. The minimum atomic E-state index is -0.0198. The van der Waals surface area contributed by atoms with Crippen LogP contribution in [0.25, 0.3) is 0 Å². The minimum absolute atomic E-state index is 0.0198. The number of benzene rings is 1. The van der Waals surface area contributed by atoms with E-state index in [1.807, 2.05) is 12.1 Å². The summed E-state index contributed by atoms with van der Waals surface area (Å²) in [6, 6.07) is 7.16. The van der Waals surface area contributed by atoms with Crippen LogP contribution in [0.15, 0.2) is 24.3 Å². The van der Waals surface area contributed by atoms with Crippen molar-refractivity contribution in [1.29, 1.82) is 0 Å². The molecule has 1 atom stereocenters. The third-order valence-electron chi connectivity index (χ3n) is 3.14. The third kappa shape index (κ3) is 3.30. The topological polar surface area (TPSA) is 46.3 Å². The Morgan fingerprint density at radius 1 is 1.18 bits per heavy atom. The molecular formula is C14H22N2O. The van der Waals surface area contributed by atoms with Crippen molar-refractivity contribution in [2.45, 2.75) is 33.2 Å². The van der Waals surface area contributed by atoms with Crippen LogP contribution >= 0.6 is 0 Å². The summed E-state index contributed by atoms with van der Waals surface area (Å²) in [5, 5.41) is 0. The number of nitrogen functional groups attached to an aromatic ring is 1. The summed E-state index contributed by atoms with van der Waals surface area (Å²) in [7, 11) is 0. The maximum atomic E-state index is 12.4. The van der Waals surface area contributed by atoms with Crippen LogP contribution in [0.4, 0.5) is 5.69 Å². The summed E-state index contributed by atoms with van der Waals surface area (Å²) in [6.45, 7) is 8.02. The minimum Gasteiger partial charge on any atom is -0.399 e. The van der Waals surface area contributed by atoms with Gasteiger partial charge in [-0.2, -0.15) is 0 Å². The predicted octanol–water partition coefficient (Wildman–Crippen LogP) is 2.57. The zero-order chi connectivity index (χ0) is 12.8. The van der Waals surface area contributed by atoms with Crippen molar-refractivity contribution in [2.24, 2.45) is 0 Å². The fraction of sp³-hybridized carbons (Fsp3) is 0.500. The SMILES string of the molecule is CCC(C(=O)c1ccc(N)cc1)N(CC)CC. The number of likely N-dealkylation sites (N-methyl/N-ethyl adjacent to an activating group) is 1. The molecule has 1 aromatic rings. The van der Waals surface area contributed by atoms with Gasteiger partial charge in [0.25, 0.3) is 0 Å². The van der Waals surface area contributed by atoms with E-state index < -0.39 is 0 Å². The van der Waals surface area contributed by atoms with Crippen LogP contribution in [0.3, 0.4) is 0 Å². The standard InChI is InChI=1S/C14H22N2O/c1-4-13(16(5-2)6-3)14(17)11-7-9-12(15)10-8-11/h7-10,13H,4-6,15H2,1-3H3. The molecule has 17 heavy (non-hydrogen) atoms. The zero-order valence-corrected chi connectivity index (χ0v) is 10.9. The van der Waals surface area contributed by atoms with Gasteiger partial charge in [0, 0.05) is 11.3 Å². The third-order valence-corrected chi connectivity index (χ3v) is 3.14. The number of carbonyl (C=O) groups is 1. The molecule has 0 saturated heterocycles. The summed E-state index contributed by atoms with van der Waals surface area (Å²) < 4.78 is 0. The van der Waals surface area contributed by atoms with Crippen LogP contribution < -0.4 is 5.73 Å². The van der Waals surface area contributed by atoms with Crippen molar-refractivity contribution in [2.75, 3.05) is 18.8 Å². The van der Waals surface area contributed by atoms with Crippen molar-refractivity contribution in [3.8, 4) is 0 Å². The van der Waals surface area contributed by atoms with Crippen molar-refractivity contribution >= 4 is 11.5 Å². The highest BCUT2D eigenvalue weighted by atomic mass is 16.1. The van der Waals surface area contributed by atoms with Crippen molar-refractivity contribution in [3.63, 3.8) is 0 Å². The Kier molecular flexibility index (Phi) is 5.16. The molecule has 3 nitrogen and oxygen atoms in total. The average molecular weight is 234 g/mol. The number of hydrogen-bond acceptors (Lipinski definition) is 3. The Morgan fingerprint density at radius 2 is 1.71 bits per heavy atom. The second-order valence-electron chi connectivity index (χ2n) is 4.13. The molecule has 0 aliphatic heterocycles. The molecule has 0 radical (unpaired) electrons. The van der Waals surface area contributed by atoms with Crippen molar-refractivity contribution in [3.05, 3.63) is 29.8 Å². The van der Waals surface area contributed by atoms with Gasteiger partial charge in [-0.05, 0) is 43.8 Å². The molecule has 3 heteroatoms. The van der Waals surface area contributed by atoms with Gasteiger partial charge < -0.3 is 5.73 Å². The van der Waals surface area contributed by atoms with Crippen molar-refractivity contribution < 1.29 is 4.79 Å². The maximum Gasteiger partial charge on any atom is 0.179 e. The van der Waals surface area contributed by atoms with Crippen LogP contribution in [0.5, 0.6) is 0 Å². The summed E-state index contributed by atoms with van der Waals surface area (Å²) in [5.74, 6) is 0.191. The Labute approximate surface area is 104 Å². The average Bonchev–Trinajstić information content (AvgIpc) is 2.36. The first kappa shape index (κ1) is 13.7. The number of rotatable bonds is 6. The van der Waals surface area contributed by atoms with Crippen molar-refractivity contribution in [1.82, 2.24) is 4.90 Å². The Bertz CT molecular complexity index is 355. The number of hydrogen-bond donors (Lipinski definition) is 1. The van der Waals surface area contributed by atoms with Gasteiger partial charge in [0.2, 0.25) is 0 Å². The molecular weight excluding hydrogens is 212 g/mol. The lowest BCUT2D eigenvalue weighted by molar-refractivity contribution is 0.0826. The monoisotopic (exact) mass is 234 g/mol. The molecule has 2 N–H and O–H groups in total. The highest BCUT2D eigenvalue weighted by Crippen LogP contribution is 2.14.